The van der Waals surface area contributed by atoms with Crippen LogP contribution in [0.3, 0.4) is 0 Å². The Morgan fingerprint density at radius 3 is 1.91 bits per heavy atom. The van der Waals surface area contributed by atoms with Gasteiger partial charge in [0, 0.05) is 13.1 Å². The summed E-state index contributed by atoms with van der Waals surface area (Å²) in [6.45, 7) is 7.19. The third-order valence-corrected chi connectivity index (χ3v) is 4.98. The fourth-order valence-corrected chi connectivity index (χ4v) is 3.72. The number of rotatable bonds is 2. The van der Waals surface area contributed by atoms with E-state index in [-0.39, 0.29) is 12.0 Å². The molecule has 126 valence electrons. The summed E-state index contributed by atoms with van der Waals surface area (Å²) in [5, 5.41) is 9.07. The maximum atomic E-state index is 12.1. The number of carboxylic acid groups (broad SMARTS) is 1. The molecule has 1 saturated carbocycles. The summed E-state index contributed by atoms with van der Waals surface area (Å²) in [4.78, 5) is 24.9. The van der Waals surface area contributed by atoms with Crippen molar-refractivity contribution < 1.29 is 19.4 Å². The molecule has 2 rings (SSSR count). The van der Waals surface area contributed by atoms with Gasteiger partial charge in [0.15, 0.2) is 0 Å². The molecule has 0 aromatic heterocycles. The summed E-state index contributed by atoms with van der Waals surface area (Å²) in [5.74, 6) is 0.487. The van der Waals surface area contributed by atoms with Gasteiger partial charge in [-0.05, 0) is 71.1 Å². The first-order chi connectivity index (χ1) is 10.3. The van der Waals surface area contributed by atoms with Crippen molar-refractivity contribution in [1.82, 2.24) is 4.90 Å². The summed E-state index contributed by atoms with van der Waals surface area (Å²) in [6.07, 6.45) is 5.49. The van der Waals surface area contributed by atoms with E-state index in [2.05, 4.69) is 0 Å². The predicted octanol–water partition coefficient (Wildman–Crippen LogP) is 3.52. The molecule has 1 amide bonds. The Morgan fingerprint density at radius 1 is 0.955 bits per heavy atom. The molecule has 1 heterocycles. The van der Waals surface area contributed by atoms with Crippen LogP contribution >= 0.6 is 0 Å². The summed E-state index contributed by atoms with van der Waals surface area (Å²) in [5.41, 5.74) is -0.441. The zero-order valence-electron chi connectivity index (χ0n) is 14.0. The van der Waals surface area contributed by atoms with E-state index in [4.69, 9.17) is 9.84 Å². The number of ether oxygens (including phenoxy) is 1. The number of hydrogen-bond acceptors (Lipinski definition) is 3. The summed E-state index contributed by atoms with van der Waals surface area (Å²) in [7, 11) is 0. The van der Waals surface area contributed by atoms with Crippen LogP contribution in [0.1, 0.15) is 59.3 Å². The van der Waals surface area contributed by atoms with E-state index < -0.39 is 11.6 Å². The smallest absolute Gasteiger partial charge is 0.410 e. The lowest BCUT2D eigenvalue weighted by atomic mass is 9.73. The first-order valence-electron chi connectivity index (χ1n) is 8.47. The molecule has 5 nitrogen and oxygen atoms in total. The highest BCUT2D eigenvalue weighted by Gasteiger charge is 2.34. The van der Waals surface area contributed by atoms with Crippen LogP contribution in [0.25, 0.3) is 0 Å². The van der Waals surface area contributed by atoms with Gasteiger partial charge >= 0.3 is 12.1 Å². The molecule has 0 bridgehead atoms. The Kier molecular flexibility index (Phi) is 5.35. The van der Waals surface area contributed by atoms with Crippen molar-refractivity contribution in [3.05, 3.63) is 0 Å². The van der Waals surface area contributed by atoms with E-state index >= 15 is 0 Å². The van der Waals surface area contributed by atoms with Gasteiger partial charge in [0.2, 0.25) is 0 Å². The maximum Gasteiger partial charge on any atom is 0.410 e. The van der Waals surface area contributed by atoms with Crippen LogP contribution in [-0.4, -0.2) is 40.8 Å². The number of piperidine rings is 1. The highest BCUT2D eigenvalue weighted by molar-refractivity contribution is 5.70. The van der Waals surface area contributed by atoms with Gasteiger partial charge in [-0.2, -0.15) is 0 Å². The fraction of sp³-hybridized carbons (Fsp3) is 0.882. The van der Waals surface area contributed by atoms with Crippen LogP contribution < -0.4 is 0 Å². The normalized spacial score (nSPS) is 27.5. The van der Waals surface area contributed by atoms with Gasteiger partial charge in [-0.1, -0.05) is 0 Å². The van der Waals surface area contributed by atoms with E-state index in [0.29, 0.717) is 11.8 Å². The quantitative estimate of drug-likeness (QED) is 0.847. The van der Waals surface area contributed by atoms with Gasteiger partial charge < -0.3 is 14.7 Å². The molecule has 0 radical (unpaired) electrons. The van der Waals surface area contributed by atoms with Crippen molar-refractivity contribution in [3.63, 3.8) is 0 Å². The third-order valence-electron chi connectivity index (χ3n) is 4.98. The molecule has 22 heavy (non-hydrogen) atoms. The Hall–Kier alpha value is -1.26. The zero-order valence-corrected chi connectivity index (χ0v) is 14.0. The number of hydrogen-bond donors (Lipinski definition) is 1. The van der Waals surface area contributed by atoms with Gasteiger partial charge in [-0.25, -0.2) is 4.79 Å². The Bertz CT molecular complexity index is 399. The molecule has 2 aliphatic rings. The van der Waals surface area contributed by atoms with Crippen molar-refractivity contribution in [2.75, 3.05) is 13.1 Å². The molecular formula is C17H29NO4. The molecule has 2 fully saturated rings. The second kappa shape index (κ2) is 6.88. The first-order valence-corrected chi connectivity index (χ1v) is 8.47. The minimum Gasteiger partial charge on any atom is -0.481 e. The molecule has 1 N–H and O–H groups in total. The monoisotopic (exact) mass is 311 g/mol. The molecule has 0 atom stereocenters. The van der Waals surface area contributed by atoms with Crippen molar-refractivity contribution in [2.24, 2.45) is 17.8 Å². The average Bonchev–Trinajstić information content (AvgIpc) is 2.46. The van der Waals surface area contributed by atoms with Gasteiger partial charge in [0.05, 0.1) is 5.92 Å². The number of amides is 1. The van der Waals surface area contributed by atoms with Crippen LogP contribution in [0.5, 0.6) is 0 Å². The maximum absolute atomic E-state index is 12.1. The molecule has 0 spiro atoms. The molecule has 0 aromatic rings. The van der Waals surface area contributed by atoms with Crippen molar-refractivity contribution in [1.29, 1.82) is 0 Å². The molecule has 5 heteroatoms. The minimum absolute atomic E-state index is 0.141. The largest absolute Gasteiger partial charge is 0.481 e. The Labute approximate surface area is 133 Å². The molecular weight excluding hydrogens is 282 g/mol. The van der Waals surface area contributed by atoms with Crippen molar-refractivity contribution >= 4 is 12.1 Å². The van der Waals surface area contributed by atoms with Crippen molar-refractivity contribution in [3.8, 4) is 0 Å². The first kappa shape index (κ1) is 17.1. The summed E-state index contributed by atoms with van der Waals surface area (Å²) >= 11 is 0. The topological polar surface area (TPSA) is 66.8 Å². The summed E-state index contributed by atoms with van der Waals surface area (Å²) in [6, 6.07) is 0. The lowest BCUT2D eigenvalue weighted by molar-refractivity contribution is -0.143. The Morgan fingerprint density at radius 2 is 1.45 bits per heavy atom. The van der Waals surface area contributed by atoms with E-state index in [1.54, 1.807) is 0 Å². The van der Waals surface area contributed by atoms with Crippen molar-refractivity contribution in [2.45, 2.75) is 64.9 Å². The highest BCUT2D eigenvalue weighted by Crippen LogP contribution is 2.38. The highest BCUT2D eigenvalue weighted by atomic mass is 16.6. The van der Waals surface area contributed by atoms with Gasteiger partial charge in [0.1, 0.15) is 5.60 Å². The van der Waals surface area contributed by atoms with Crippen LogP contribution in [0.4, 0.5) is 4.79 Å². The standard InChI is InChI=1S/C17H29NO4/c1-17(2,3)22-16(21)18-10-8-13(9-11-18)12-4-6-14(7-5-12)15(19)20/h12-14H,4-11H2,1-3H3,(H,19,20). The molecule has 1 aliphatic heterocycles. The van der Waals surface area contributed by atoms with Crippen LogP contribution in [0.2, 0.25) is 0 Å². The SMILES string of the molecule is CC(C)(C)OC(=O)N1CCC(C2CCC(C(=O)O)CC2)CC1. The molecule has 0 aromatic carbocycles. The van der Waals surface area contributed by atoms with Crippen LogP contribution in [0.15, 0.2) is 0 Å². The fourth-order valence-electron chi connectivity index (χ4n) is 3.72. The van der Waals surface area contributed by atoms with E-state index in [0.717, 1.165) is 51.6 Å². The minimum atomic E-state index is -0.641. The second-order valence-corrected chi connectivity index (χ2v) is 7.75. The van der Waals surface area contributed by atoms with Gasteiger partial charge in [-0.15, -0.1) is 0 Å². The third kappa shape index (κ3) is 4.62. The van der Waals surface area contributed by atoms with Crippen LogP contribution in [-0.2, 0) is 9.53 Å². The van der Waals surface area contributed by atoms with E-state index in [1.165, 1.54) is 0 Å². The number of aliphatic carboxylic acids is 1. The van der Waals surface area contributed by atoms with E-state index in [1.807, 2.05) is 25.7 Å². The number of carbonyl (C=O) groups excluding carboxylic acids is 1. The number of nitrogens with zero attached hydrogens (tertiary/aromatic N) is 1. The van der Waals surface area contributed by atoms with E-state index in [9.17, 15) is 9.59 Å². The predicted molar refractivity (Wildman–Crippen MR) is 83.6 cm³/mol. The van der Waals surface area contributed by atoms with Gasteiger partial charge in [-0.3, -0.25) is 4.79 Å². The molecule has 1 saturated heterocycles. The molecule has 0 unspecified atom stereocenters. The average molecular weight is 311 g/mol. The van der Waals surface area contributed by atoms with Gasteiger partial charge in [0.25, 0.3) is 0 Å². The lowest BCUT2D eigenvalue weighted by Gasteiger charge is -2.38. The second-order valence-electron chi connectivity index (χ2n) is 7.75. The number of carbonyl (C=O) groups is 2. The Balaban J connectivity index is 1.76. The lowest BCUT2D eigenvalue weighted by Crippen LogP contribution is -2.43. The number of likely N-dealkylation sites (tertiary alicyclic amines) is 1. The molecule has 1 aliphatic carbocycles. The number of carboxylic acids is 1. The summed E-state index contributed by atoms with van der Waals surface area (Å²) < 4.78 is 5.42. The zero-order chi connectivity index (χ0) is 16.3. The van der Waals surface area contributed by atoms with Crippen LogP contribution in [0, 0.1) is 17.8 Å².